The van der Waals surface area contributed by atoms with Gasteiger partial charge in [-0.25, -0.2) is 9.45 Å². The van der Waals surface area contributed by atoms with Crippen LogP contribution in [0.2, 0.25) is 0 Å². The number of amides is 1. The molecular weight excluding hydrogens is 233 g/mol. The minimum absolute atomic E-state index is 0.204. The van der Waals surface area contributed by atoms with Crippen LogP contribution in [0.4, 0.5) is 4.39 Å². The third-order valence-electron chi connectivity index (χ3n) is 3.19. The topological polar surface area (TPSA) is 29.5 Å². The van der Waals surface area contributed by atoms with E-state index in [-0.39, 0.29) is 11.7 Å². The van der Waals surface area contributed by atoms with E-state index in [4.69, 9.17) is 4.84 Å². The Morgan fingerprint density at radius 1 is 1.44 bits per heavy atom. The summed E-state index contributed by atoms with van der Waals surface area (Å²) in [5.74, 6) is -0.431. The van der Waals surface area contributed by atoms with E-state index < -0.39 is 0 Å². The maximum Gasteiger partial charge on any atom is 0.270 e. The van der Waals surface area contributed by atoms with Crippen molar-refractivity contribution in [3.63, 3.8) is 0 Å². The fourth-order valence-corrected chi connectivity index (χ4v) is 2.17. The van der Waals surface area contributed by atoms with Gasteiger partial charge >= 0.3 is 0 Å². The lowest BCUT2D eigenvalue weighted by Crippen LogP contribution is -2.23. The summed E-state index contributed by atoms with van der Waals surface area (Å²) in [6.45, 7) is 0. The van der Waals surface area contributed by atoms with Crippen LogP contribution in [0.25, 0.3) is 5.57 Å². The third-order valence-corrected chi connectivity index (χ3v) is 3.19. The Hall–Kier alpha value is -1.68. The number of rotatable bonds is 2. The Balaban J connectivity index is 2.33. The van der Waals surface area contributed by atoms with Crippen molar-refractivity contribution in [2.45, 2.75) is 19.3 Å². The van der Waals surface area contributed by atoms with Crippen molar-refractivity contribution in [1.82, 2.24) is 5.06 Å². The number of likely N-dealkylation sites (N-methyl/N-ethyl adjacent to an activating group) is 1. The highest BCUT2D eigenvalue weighted by molar-refractivity contribution is 5.95. The fraction of sp³-hybridized carbons (Fsp3) is 0.357. The van der Waals surface area contributed by atoms with Crippen molar-refractivity contribution >= 4 is 11.5 Å². The lowest BCUT2D eigenvalue weighted by Gasteiger charge is -2.20. The molecule has 0 fully saturated rings. The Morgan fingerprint density at radius 3 is 2.94 bits per heavy atom. The molecule has 0 bridgehead atoms. The van der Waals surface area contributed by atoms with Crippen molar-refractivity contribution in [2.24, 2.45) is 0 Å². The van der Waals surface area contributed by atoms with Gasteiger partial charge in [0, 0.05) is 13.1 Å². The molecule has 18 heavy (non-hydrogen) atoms. The molecule has 2 rings (SSSR count). The SMILES string of the molecule is CON(C)C(=O)/C=C1/CCCc2cc(F)ccc21. The number of carbonyl (C=O) groups excluding carboxylic acids is 1. The van der Waals surface area contributed by atoms with Crippen LogP contribution in [0.15, 0.2) is 24.3 Å². The maximum atomic E-state index is 13.2. The second-order valence-corrected chi connectivity index (χ2v) is 4.34. The summed E-state index contributed by atoms with van der Waals surface area (Å²) in [6.07, 6.45) is 4.20. The summed E-state index contributed by atoms with van der Waals surface area (Å²) in [4.78, 5) is 16.6. The molecule has 3 nitrogen and oxygen atoms in total. The Bertz CT molecular complexity index is 497. The monoisotopic (exact) mass is 249 g/mol. The number of fused-ring (bicyclic) bond motifs is 1. The van der Waals surface area contributed by atoms with E-state index in [9.17, 15) is 9.18 Å². The largest absolute Gasteiger partial charge is 0.274 e. The molecule has 96 valence electrons. The summed E-state index contributed by atoms with van der Waals surface area (Å²) >= 11 is 0. The predicted octanol–water partition coefficient (Wildman–Crippen LogP) is 2.57. The molecule has 1 aliphatic carbocycles. The highest BCUT2D eigenvalue weighted by Gasteiger charge is 2.16. The van der Waals surface area contributed by atoms with E-state index >= 15 is 0 Å². The van der Waals surface area contributed by atoms with Gasteiger partial charge < -0.3 is 0 Å². The second kappa shape index (κ2) is 5.31. The molecule has 1 aromatic carbocycles. The first kappa shape index (κ1) is 12.8. The average Bonchev–Trinajstić information content (AvgIpc) is 2.37. The molecule has 0 aliphatic heterocycles. The zero-order chi connectivity index (χ0) is 13.1. The van der Waals surface area contributed by atoms with Crippen molar-refractivity contribution in [3.05, 3.63) is 41.2 Å². The quantitative estimate of drug-likeness (QED) is 0.595. The van der Waals surface area contributed by atoms with Gasteiger partial charge in [0.15, 0.2) is 0 Å². The number of benzene rings is 1. The molecule has 0 radical (unpaired) electrons. The van der Waals surface area contributed by atoms with Crippen LogP contribution in [0, 0.1) is 5.82 Å². The Morgan fingerprint density at radius 2 is 2.22 bits per heavy atom. The normalized spacial score (nSPS) is 16.5. The van der Waals surface area contributed by atoms with Crippen LogP contribution >= 0.6 is 0 Å². The van der Waals surface area contributed by atoms with Gasteiger partial charge in [0.25, 0.3) is 5.91 Å². The molecule has 0 saturated carbocycles. The fourth-order valence-electron chi connectivity index (χ4n) is 2.17. The smallest absolute Gasteiger partial charge is 0.270 e. The van der Waals surface area contributed by atoms with Gasteiger partial charge in [0.05, 0.1) is 7.11 Å². The number of aryl methyl sites for hydroxylation is 1. The van der Waals surface area contributed by atoms with Gasteiger partial charge in [0.1, 0.15) is 5.82 Å². The molecule has 0 heterocycles. The molecule has 0 N–H and O–H groups in total. The molecule has 4 heteroatoms. The lowest BCUT2D eigenvalue weighted by atomic mass is 9.87. The molecule has 1 aliphatic rings. The molecule has 1 aromatic rings. The van der Waals surface area contributed by atoms with Crippen LogP contribution in [0.1, 0.15) is 24.0 Å². The zero-order valence-corrected chi connectivity index (χ0v) is 10.6. The molecule has 0 aromatic heterocycles. The van der Waals surface area contributed by atoms with E-state index in [2.05, 4.69) is 0 Å². The first-order chi connectivity index (χ1) is 8.61. The van der Waals surface area contributed by atoms with E-state index in [1.807, 2.05) is 0 Å². The van der Waals surface area contributed by atoms with E-state index in [0.717, 1.165) is 36.0 Å². The van der Waals surface area contributed by atoms with Crippen molar-refractivity contribution < 1.29 is 14.0 Å². The minimum atomic E-state index is -0.227. The number of hydrogen-bond acceptors (Lipinski definition) is 2. The van der Waals surface area contributed by atoms with Gasteiger partial charge in [-0.2, -0.15) is 0 Å². The number of allylic oxidation sites excluding steroid dienone is 1. The van der Waals surface area contributed by atoms with Gasteiger partial charge in [-0.05, 0) is 48.1 Å². The van der Waals surface area contributed by atoms with Gasteiger partial charge in [0.2, 0.25) is 0 Å². The molecule has 0 saturated heterocycles. The number of carbonyl (C=O) groups is 1. The summed E-state index contributed by atoms with van der Waals surface area (Å²) in [5, 5.41) is 1.17. The summed E-state index contributed by atoms with van der Waals surface area (Å²) in [7, 11) is 3.01. The maximum absolute atomic E-state index is 13.2. The number of hydroxylamine groups is 2. The van der Waals surface area contributed by atoms with Crippen LogP contribution in [-0.2, 0) is 16.1 Å². The molecule has 0 atom stereocenters. The van der Waals surface area contributed by atoms with Crippen molar-refractivity contribution in [2.75, 3.05) is 14.2 Å². The highest BCUT2D eigenvalue weighted by Crippen LogP contribution is 2.31. The van der Waals surface area contributed by atoms with Crippen LogP contribution in [0.5, 0.6) is 0 Å². The van der Waals surface area contributed by atoms with Crippen LogP contribution < -0.4 is 0 Å². The first-order valence-electron chi connectivity index (χ1n) is 5.93. The molecule has 1 amide bonds. The third kappa shape index (κ3) is 2.59. The van der Waals surface area contributed by atoms with Gasteiger partial charge in [-0.15, -0.1) is 0 Å². The summed E-state index contributed by atoms with van der Waals surface area (Å²) in [5.41, 5.74) is 2.89. The van der Waals surface area contributed by atoms with Crippen LogP contribution in [-0.4, -0.2) is 25.1 Å². The van der Waals surface area contributed by atoms with E-state index in [0.29, 0.717) is 0 Å². The summed E-state index contributed by atoms with van der Waals surface area (Å²) in [6, 6.07) is 4.73. The number of nitrogens with zero attached hydrogens (tertiary/aromatic N) is 1. The summed E-state index contributed by atoms with van der Waals surface area (Å²) < 4.78 is 13.2. The average molecular weight is 249 g/mol. The Labute approximate surface area is 106 Å². The minimum Gasteiger partial charge on any atom is -0.274 e. The lowest BCUT2D eigenvalue weighted by molar-refractivity contribution is -0.162. The second-order valence-electron chi connectivity index (χ2n) is 4.34. The Kier molecular flexibility index (Phi) is 3.77. The van der Waals surface area contributed by atoms with E-state index in [1.54, 1.807) is 25.3 Å². The van der Waals surface area contributed by atoms with Gasteiger partial charge in [-0.3, -0.25) is 9.63 Å². The predicted molar refractivity (Wildman–Crippen MR) is 67.1 cm³/mol. The first-order valence-corrected chi connectivity index (χ1v) is 5.93. The van der Waals surface area contributed by atoms with E-state index in [1.165, 1.54) is 18.2 Å². The number of hydrogen-bond donors (Lipinski definition) is 0. The van der Waals surface area contributed by atoms with Gasteiger partial charge in [-0.1, -0.05) is 6.07 Å². The highest BCUT2D eigenvalue weighted by atomic mass is 19.1. The zero-order valence-electron chi connectivity index (χ0n) is 10.6. The molecule has 0 unspecified atom stereocenters. The molecular formula is C14H16FNO2. The van der Waals surface area contributed by atoms with Crippen molar-refractivity contribution in [3.8, 4) is 0 Å². The molecule has 0 spiro atoms. The standard InChI is InChI=1S/C14H16FNO2/c1-16(18-2)14(17)9-11-5-3-4-10-8-12(15)6-7-13(10)11/h6-9H,3-5H2,1-2H3/b11-9-. The number of halogens is 1. The van der Waals surface area contributed by atoms with Crippen LogP contribution in [0.3, 0.4) is 0 Å². The van der Waals surface area contributed by atoms with Crippen molar-refractivity contribution in [1.29, 1.82) is 0 Å².